The van der Waals surface area contributed by atoms with Crippen LogP contribution in [0.2, 0.25) is 4.34 Å². The molecule has 4 rings (SSSR count). The fourth-order valence-corrected chi connectivity index (χ4v) is 5.56. The number of nitrogens with one attached hydrogen (secondary N) is 2. The van der Waals surface area contributed by atoms with Gasteiger partial charge in [-0.25, -0.2) is 26.9 Å². The second kappa shape index (κ2) is 8.97. The summed E-state index contributed by atoms with van der Waals surface area (Å²) >= 11 is 6.48. The van der Waals surface area contributed by atoms with Crippen molar-refractivity contribution >= 4 is 55.5 Å². The van der Waals surface area contributed by atoms with Crippen LogP contribution < -0.4 is 20.3 Å². The lowest BCUT2D eigenvalue weighted by atomic mass is 10.1. The number of fused-ring (bicyclic) bond motifs is 1. The van der Waals surface area contributed by atoms with Gasteiger partial charge in [0.1, 0.15) is 15.8 Å². The topological polar surface area (TPSA) is 127 Å². The first kappa shape index (κ1) is 23.5. The predicted molar refractivity (Wildman–Crippen MR) is 126 cm³/mol. The zero-order valence-corrected chi connectivity index (χ0v) is 19.6. The van der Waals surface area contributed by atoms with Gasteiger partial charge in [0.15, 0.2) is 0 Å². The minimum Gasteiger partial charge on any atom is -0.497 e. The Bertz CT molecular complexity index is 1600. The summed E-state index contributed by atoms with van der Waals surface area (Å²) in [6, 6.07) is 10.7. The van der Waals surface area contributed by atoms with Crippen molar-refractivity contribution in [2.45, 2.75) is 4.21 Å². The highest BCUT2D eigenvalue weighted by molar-refractivity contribution is 7.92. The molecule has 0 saturated carbocycles. The summed E-state index contributed by atoms with van der Waals surface area (Å²) < 4.78 is 47.1. The standard InChI is InChI=1S/C21H15ClFN3O6S2/c1-32-13-4-2-11-8-18(27)26(20(28)14(11)10-13)16-5-3-12(9-15(16)23)24-21(29)25-34(30,31)19-7-6-17(22)33-19/h2-10,28H,1H3,(H2,24,25,29). The number of sulfonamides is 1. The number of anilines is 1. The maximum absolute atomic E-state index is 14.9. The molecule has 0 radical (unpaired) electrons. The smallest absolute Gasteiger partial charge is 0.333 e. The Kier molecular flexibility index (Phi) is 6.21. The number of hydrogen-bond donors (Lipinski definition) is 3. The highest BCUT2D eigenvalue weighted by atomic mass is 35.5. The molecule has 13 heteroatoms. The molecule has 0 aliphatic carbocycles. The van der Waals surface area contributed by atoms with Gasteiger partial charge in [0.2, 0.25) is 5.88 Å². The molecule has 2 aromatic carbocycles. The fraction of sp³-hybridized carbons (Fsp3) is 0.0476. The number of carbonyl (C=O) groups is 1. The van der Waals surface area contributed by atoms with Crippen molar-refractivity contribution in [1.82, 2.24) is 9.29 Å². The SMILES string of the molecule is COc1ccc2cc(=O)n(-c3ccc(NC(=O)NS(=O)(=O)c4ccc(Cl)s4)cc3F)c(O)c2c1. The van der Waals surface area contributed by atoms with Crippen LogP contribution >= 0.6 is 22.9 Å². The van der Waals surface area contributed by atoms with E-state index in [9.17, 15) is 27.5 Å². The van der Waals surface area contributed by atoms with Crippen LogP contribution in [0, 0.1) is 5.82 Å². The van der Waals surface area contributed by atoms with Crippen LogP contribution in [0.4, 0.5) is 14.9 Å². The first-order chi connectivity index (χ1) is 16.1. The molecule has 0 unspecified atom stereocenters. The molecule has 34 heavy (non-hydrogen) atoms. The van der Waals surface area contributed by atoms with Gasteiger partial charge >= 0.3 is 6.03 Å². The number of aromatic hydroxyl groups is 1. The molecule has 9 nitrogen and oxygen atoms in total. The van der Waals surface area contributed by atoms with E-state index in [1.54, 1.807) is 16.9 Å². The molecule has 4 aromatic rings. The first-order valence-corrected chi connectivity index (χ1v) is 12.1. The molecule has 0 spiro atoms. The van der Waals surface area contributed by atoms with Gasteiger partial charge in [0.25, 0.3) is 15.6 Å². The quantitative estimate of drug-likeness (QED) is 0.362. The number of rotatable bonds is 5. The van der Waals surface area contributed by atoms with Crippen LogP contribution in [-0.2, 0) is 10.0 Å². The summed E-state index contributed by atoms with van der Waals surface area (Å²) in [7, 11) is -2.73. The highest BCUT2D eigenvalue weighted by Crippen LogP contribution is 2.30. The van der Waals surface area contributed by atoms with E-state index in [1.165, 1.54) is 37.4 Å². The van der Waals surface area contributed by atoms with Crippen LogP contribution in [0.25, 0.3) is 16.5 Å². The van der Waals surface area contributed by atoms with Gasteiger partial charge in [-0.2, -0.15) is 0 Å². The number of amides is 2. The van der Waals surface area contributed by atoms with E-state index in [0.29, 0.717) is 11.1 Å². The van der Waals surface area contributed by atoms with E-state index >= 15 is 0 Å². The first-order valence-electron chi connectivity index (χ1n) is 9.41. The molecular weight excluding hydrogens is 509 g/mol. The average Bonchev–Trinajstić information content (AvgIpc) is 3.22. The van der Waals surface area contributed by atoms with Crippen molar-refractivity contribution in [2.24, 2.45) is 0 Å². The van der Waals surface area contributed by atoms with Crippen LogP contribution in [0.15, 0.2) is 63.6 Å². The molecule has 0 aliphatic heterocycles. The molecule has 0 aliphatic rings. The maximum atomic E-state index is 14.9. The van der Waals surface area contributed by atoms with Gasteiger partial charge in [-0.1, -0.05) is 17.7 Å². The minimum absolute atomic E-state index is 0.0897. The number of hydrogen-bond acceptors (Lipinski definition) is 7. The highest BCUT2D eigenvalue weighted by Gasteiger charge is 2.21. The van der Waals surface area contributed by atoms with E-state index in [1.807, 2.05) is 0 Å². The number of halogens is 2. The van der Waals surface area contributed by atoms with Crippen LogP contribution in [0.3, 0.4) is 0 Å². The normalized spacial score (nSPS) is 11.4. The summed E-state index contributed by atoms with van der Waals surface area (Å²) in [6.07, 6.45) is 0. The molecule has 0 fully saturated rings. The summed E-state index contributed by atoms with van der Waals surface area (Å²) in [5, 5.41) is 13.6. The monoisotopic (exact) mass is 523 g/mol. The zero-order valence-electron chi connectivity index (χ0n) is 17.2. The molecule has 0 bridgehead atoms. The number of urea groups is 1. The van der Waals surface area contributed by atoms with Gasteiger partial charge in [0.05, 0.1) is 17.1 Å². The zero-order chi connectivity index (χ0) is 24.6. The Morgan fingerprint density at radius 1 is 1.15 bits per heavy atom. The molecule has 3 N–H and O–H groups in total. The van der Waals surface area contributed by atoms with Gasteiger partial charge in [0, 0.05) is 17.1 Å². The summed E-state index contributed by atoms with van der Waals surface area (Å²) in [5.41, 5.74) is -1.06. The maximum Gasteiger partial charge on any atom is 0.333 e. The third-order valence-corrected chi connectivity index (χ3v) is 7.75. The number of thiophene rings is 1. The van der Waals surface area contributed by atoms with E-state index < -0.39 is 33.3 Å². The van der Waals surface area contributed by atoms with Gasteiger partial charge < -0.3 is 15.2 Å². The van der Waals surface area contributed by atoms with Crippen molar-refractivity contribution in [3.63, 3.8) is 0 Å². The lowest BCUT2D eigenvalue weighted by Crippen LogP contribution is -2.34. The Balaban J connectivity index is 1.62. The van der Waals surface area contributed by atoms with Crippen molar-refractivity contribution in [3.05, 3.63) is 75.1 Å². The molecule has 176 valence electrons. The van der Waals surface area contributed by atoms with Crippen LogP contribution in [-0.4, -0.2) is 31.2 Å². The Labute approximate surface area is 201 Å². The van der Waals surface area contributed by atoms with Gasteiger partial charge in [-0.05, 0) is 47.9 Å². The Morgan fingerprint density at radius 2 is 1.91 bits per heavy atom. The van der Waals surface area contributed by atoms with Crippen molar-refractivity contribution in [3.8, 4) is 17.3 Å². The minimum atomic E-state index is -4.17. The van der Waals surface area contributed by atoms with Gasteiger partial charge in [-0.15, -0.1) is 11.3 Å². The number of benzene rings is 2. The van der Waals surface area contributed by atoms with Crippen LogP contribution in [0.1, 0.15) is 0 Å². The number of methoxy groups -OCH3 is 1. The molecular formula is C21H15ClFN3O6S2. The van der Waals surface area contributed by atoms with Crippen molar-refractivity contribution in [1.29, 1.82) is 0 Å². The van der Waals surface area contributed by atoms with Crippen molar-refractivity contribution in [2.75, 3.05) is 12.4 Å². The third-order valence-electron chi connectivity index (χ3n) is 4.70. The van der Waals surface area contributed by atoms with Gasteiger partial charge in [-0.3, -0.25) is 4.79 Å². The molecule has 0 atom stereocenters. The summed E-state index contributed by atoms with van der Waals surface area (Å²) in [5.74, 6) is -1.02. The average molecular weight is 524 g/mol. The number of ether oxygens (including phenoxy) is 1. The lowest BCUT2D eigenvalue weighted by molar-refractivity contribution is 0.256. The second-order valence-electron chi connectivity index (χ2n) is 6.88. The molecule has 2 amide bonds. The number of pyridine rings is 1. The fourth-order valence-electron chi connectivity index (χ4n) is 3.17. The number of aromatic nitrogens is 1. The number of carbonyl (C=O) groups excluding carboxylic acids is 1. The number of nitrogens with zero attached hydrogens (tertiary/aromatic N) is 1. The molecule has 0 saturated heterocycles. The third kappa shape index (κ3) is 4.55. The van der Waals surface area contributed by atoms with E-state index in [-0.39, 0.29) is 25.3 Å². The second-order valence-corrected chi connectivity index (χ2v) is 10.5. The molecule has 2 heterocycles. The predicted octanol–water partition coefficient (Wildman–Crippen LogP) is 4.07. The largest absolute Gasteiger partial charge is 0.497 e. The van der Waals surface area contributed by atoms with E-state index in [0.717, 1.165) is 28.0 Å². The van der Waals surface area contributed by atoms with E-state index in [2.05, 4.69) is 5.32 Å². The van der Waals surface area contributed by atoms with Crippen molar-refractivity contribution < 1.29 is 27.4 Å². The Hall–Kier alpha value is -3.61. The van der Waals surface area contributed by atoms with E-state index in [4.69, 9.17) is 16.3 Å². The Morgan fingerprint density at radius 3 is 2.56 bits per heavy atom. The summed E-state index contributed by atoms with van der Waals surface area (Å²) in [6.45, 7) is 0. The molecule has 2 aromatic heterocycles. The van der Waals surface area contributed by atoms with Crippen LogP contribution in [0.5, 0.6) is 11.6 Å². The lowest BCUT2D eigenvalue weighted by Gasteiger charge is -2.14. The summed E-state index contributed by atoms with van der Waals surface area (Å²) in [4.78, 5) is 24.7.